The standard InChI is InChI=1S/C8H6FN3O2/c9-12-8(14)4-2-1-3-5(10)6(4)7(13)11-12/h1-3H,10H2,(H,11,13). The van der Waals surface area contributed by atoms with Crippen molar-refractivity contribution in [3.05, 3.63) is 38.9 Å². The Bertz CT molecular complexity index is 614. The maximum Gasteiger partial charge on any atom is 0.303 e. The van der Waals surface area contributed by atoms with E-state index in [-0.39, 0.29) is 21.4 Å². The monoisotopic (exact) mass is 195 g/mol. The fraction of sp³-hybridized carbons (Fsp3) is 0. The number of hydrogen-bond donors (Lipinski definition) is 2. The maximum atomic E-state index is 12.7. The van der Waals surface area contributed by atoms with Gasteiger partial charge < -0.3 is 5.73 Å². The second-order valence-corrected chi connectivity index (χ2v) is 2.80. The number of anilines is 1. The number of halogens is 1. The molecule has 0 unspecified atom stereocenters. The van der Waals surface area contributed by atoms with Crippen LogP contribution >= 0.6 is 0 Å². The average Bonchev–Trinajstić information content (AvgIpc) is 2.14. The molecule has 3 N–H and O–H groups in total. The molecule has 0 spiro atoms. The van der Waals surface area contributed by atoms with Crippen LogP contribution in [0.4, 0.5) is 10.2 Å². The smallest absolute Gasteiger partial charge is 0.303 e. The van der Waals surface area contributed by atoms with Crippen molar-refractivity contribution in [1.29, 1.82) is 0 Å². The summed E-state index contributed by atoms with van der Waals surface area (Å²) in [6.07, 6.45) is 0. The molecule has 0 amide bonds. The number of nitrogen functional groups attached to an aromatic ring is 1. The third-order valence-corrected chi connectivity index (χ3v) is 1.93. The van der Waals surface area contributed by atoms with E-state index in [0.717, 1.165) is 0 Å². The summed E-state index contributed by atoms with van der Waals surface area (Å²) >= 11 is 0. The normalized spacial score (nSPS) is 10.6. The largest absolute Gasteiger partial charge is 0.398 e. The van der Waals surface area contributed by atoms with Crippen molar-refractivity contribution in [2.75, 3.05) is 5.73 Å². The highest BCUT2D eigenvalue weighted by Crippen LogP contribution is 2.12. The van der Waals surface area contributed by atoms with E-state index < -0.39 is 11.1 Å². The number of nitrogens with two attached hydrogens (primary N) is 1. The summed E-state index contributed by atoms with van der Waals surface area (Å²) in [5, 5.41) is 1.71. The summed E-state index contributed by atoms with van der Waals surface area (Å²) in [6, 6.07) is 4.30. The summed E-state index contributed by atoms with van der Waals surface area (Å²) in [4.78, 5) is 22.1. The molecule has 0 aliphatic rings. The van der Waals surface area contributed by atoms with Crippen LogP contribution < -0.4 is 16.9 Å². The molecule has 6 heteroatoms. The molecule has 0 fully saturated rings. The van der Waals surface area contributed by atoms with E-state index in [1.54, 1.807) is 5.10 Å². The van der Waals surface area contributed by atoms with Crippen molar-refractivity contribution < 1.29 is 4.48 Å². The Kier molecular flexibility index (Phi) is 1.63. The van der Waals surface area contributed by atoms with Gasteiger partial charge in [-0.15, -0.1) is 0 Å². The molecule has 0 aliphatic heterocycles. The maximum absolute atomic E-state index is 12.7. The number of H-pyrrole nitrogens is 1. The first-order valence-electron chi connectivity index (χ1n) is 3.81. The molecule has 1 aromatic carbocycles. The summed E-state index contributed by atoms with van der Waals surface area (Å²) in [5.41, 5.74) is 3.99. The molecule has 2 aromatic rings. The van der Waals surface area contributed by atoms with Crippen molar-refractivity contribution in [2.45, 2.75) is 0 Å². The molecule has 2 rings (SSSR count). The molecule has 14 heavy (non-hydrogen) atoms. The van der Waals surface area contributed by atoms with E-state index in [1.165, 1.54) is 18.2 Å². The third kappa shape index (κ3) is 1.00. The van der Waals surface area contributed by atoms with Gasteiger partial charge in [0.25, 0.3) is 5.56 Å². The molecular formula is C8H6FN3O2. The number of nitrogens with one attached hydrogen (secondary N) is 1. The average molecular weight is 195 g/mol. The van der Waals surface area contributed by atoms with Crippen molar-refractivity contribution in [1.82, 2.24) is 10.0 Å². The van der Waals surface area contributed by atoms with Crippen molar-refractivity contribution in [3.63, 3.8) is 0 Å². The third-order valence-electron chi connectivity index (χ3n) is 1.93. The van der Waals surface area contributed by atoms with Gasteiger partial charge in [-0.05, 0) is 12.1 Å². The highest BCUT2D eigenvalue weighted by molar-refractivity contribution is 5.91. The lowest BCUT2D eigenvalue weighted by Gasteiger charge is -1.99. The number of aromatic nitrogens is 2. The van der Waals surface area contributed by atoms with Crippen LogP contribution in [-0.2, 0) is 0 Å². The SMILES string of the molecule is Nc1cccc2c(=O)n(F)[nH]c(=O)c12. The molecule has 0 saturated heterocycles. The van der Waals surface area contributed by atoms with E-state index in [1.807, 2.05) is 0 Å². The Morgan fingerprint density at radius 1 is 1.36 bits per heavy atom. The zero-order chi connectivity index (χ0) is 10.3. The van der Waals surface area contributed by atoms with Crippen LogP contribution in [0.2, 0.25) is 0 Å². The van der Waals surface area contributed by atoms with E-state index in [0.29, 0.717) is 0 Å². The van der Waals surface area contributed by atoms with Crippen LogP contribution in [0, 0.1) is 0 Å². The van der Waals surface area contributed by atoms with Gasteiger partial charge in [0.2, 0.25) is 0 Å². The van der Waals surface area contributed by atoms with Gasteiger partial charge in [-0.3, -0.25) is 9.59 Å². The quantitative estimate of drug-likeness (QED) is 0.581. The minimum absolute atomic E-state index is 0.0198. The fourth-order valence-corrected chi connectivity index (χ4v) is 1.30. The number of fused-ring (bicyclic) bond motifs is 1. The molecule has 0 saturated carbocycles. The zero-order valence-electron chi connectivity index (χ0n) is 6.95. The van der Waals surface area contributed by atoms with E-state index >= 15 is 0 Å². The van der Waals surface area contributed by atoms with E-state index in [2.05, 4.69) is 0 Å². The molecule has 0 radical (unpaired) electrons. The van der Waals surface area contributed by atoms with Crippen LogP contribution in [0.25, 0.3) is 10.8 Å². The molecular weight excluding hydrogens is 189 g/mol. The van der Waals surface area contributed by atoms with Gasteiger partial charge in [0.1, 0.15) is 0 Å². The number of benzene rings is 1. The van der Waals surface area contributed by atoms with Gasteiger partial charge in [-0.25, -0.2) is 5.10 Å². The number of nitrogens with zero attached hydrogens (tertiary/aromatic N) is 1. The predicted octanol–water partition coefficient (Wildman–Crippen LogP) is 0.00460. The van der Waals surface area contributed by atoms with Crippen LogP contribution in [0.1, 0.15) is 0 Å². The molecule has 5 nitrogen and oxygen atoms in total. The summed E-state index contributed by atoms with van der Waals surface area (Å²) in [5.74, 6) is 0. The molecule has 1 heterocycles. The Morgan fingerprint density at radius 3 is 2.79 bits per heavy atom. The lowest BCUT2D eigenvalue weighted by atomic mass is 10.2. The second-order valence-electron chi connectivity index (χ2n) is 2.80. The first-order valence-corrected chi connectivity index (χ1v) is 3.81. The van der Waals surface area contributed by atoms with Gasteiger partial charge in [-0.2, -0.15) is 0 Å². The second kappa shape index (κ2) is 2.69. The first kappa shape index (κ1) is 8.49. The van der Waals surface area contributed by atoms with Gasteiger partial charge in [-0.1, -0.05) is 15.5 Å². The molecule has 0 atom stereocenters. The van der Waals surface area contributed by atoms with E-state index in [4.69, 9.17) is 5.73 Å². The Hall–Kier alpha value is -2.11. The zero-order valence-corrected chi connectivity index (χ0v) is 6.95. The number of rotatable bonds is 0. The molecule has 0 aliphatic carbocycles. The minimum Gasteiger partial charge on any atom is -0.398 e. The number of aromatic amines is 1. The highest BCUT2D eigenvalue weighted by atomic mass is 19.2. The Morgan fingerprint density at radius 2 is 2.07 bits per heavy atom. The van der Waals surface area contributed by atoms with Crippen LogP contribution in [0.3, 0.4) is 0 Å². The van der Waals surface area contributed by atoms with Crippen LogP contribution in [0.5, 0.6) is 0 Å². The Balaban J connectivity index is 3.18. The minimum atomic E-state index is -0.924. The van der Waals surface area contributed by atoms with Gasteiger partial charge in [0.05, 0.1) is 10.8 Å². The Labute approximate surface area is 76.5 Å². The van der Waals surface area contributed by atoms with E-state index in [9.17, 15) is 14.1 Å². The van der Waals surface area contributed by atoms with Crippen LogP contribution in [-0.4, -0.2) is 10.0 Å². The lowest BCUT2D eigenvalue weighted by molar-refractivity contribution is 0.295. The lowest BCUT2D eigenvalue weighted by Crippen LogP contribution is -2.25. The van der Waals surface area contributed by atoms with Gasteiger partial charge in [0.15, 0.2) is 0 Å². The number of hydrogen-bond acceptors (Lipinski definition) is 3. The topological polar surface area (TPSA) is 80.9 Å². The molecule has 0 bridgehead atoms. The summed E-state index contributed by atoms with van der Waals surface area (Å²) in [7, 11) is 0. The molecule has 72 valence electrons. The van der Waals surface area contributed by atoms with Gasteiger partial charge >= 0.3 is 5.56 Å². The van der Waals surface area contributed by atoms with Crippen LogP contribution in [0.15, 0.2) is 27.8 Å². The van der Waals surface area contributed by atoms with Crippen molar-refractivity contribution in [2.24, 2.45) is 0 Å². The molecule has 1 aromatic heterocycles. The van der Waals surface area contributed by atoms with Gasteiger partial charge in [0, 0.05) is 5.69 Å². The van der Waals surface area contributed by atoms with Crippen molar-refractivity contribution >= 4 is 16.5 Å². The summed E-state index contributed by atoms with van der Waals surface area (Å²) in [6.45, 7) is 0. The summed E-state index contributed by atoms with van der Waals surface area (Å²) < 4.78 is 12.7. The highest BCUT2D eigenvalue weighted by Gasteiger charge is 2.08. The first-order chi connectivity index (χ1) is 6.61. The van der Waals surface area contributed by atoms with Crippen molar-refractivity contribution in [3.8, 4) is 0 Å². The fourth-order valence-electron chi connectivity index (χ4n) is 1.30. The predicted molar refractivity (Wildman–Crippen MR) is 49.7 cm³/mol.